The van der Waals surface area contributed by atoms with Crippen LogP contribution in [0.25, 0.3) is 0 Å². The number of rotatable bonds is 6. The number of urea groups is 1. The molecule has 0 spiro atoms. The zero-order valence-electron chi connectivity index (χ0n) is 19.2. The summed E-state index contributed by atoms with van der Waals surface area (Å²) in [6.45, 7) is 1.92. The van der Waals surface area contributed by atoms with E-state index in [1.807, 2.05) is 12.1 Å². The molecule has 1 fully saturated rings. The number of nitrogens with one attached hydrogen (secondary N) is 1. The molecule has 178 valence electrons. The van der Waals surface area contributed by atoms with Crippen LogP contribution in [0, 0.1) is 0 Å². The van der Waals surface area contributed by atoms with Crippen LogP contribution in [0.3, 0.4) is 0 Å². The highest BCUT2D eigenvalue weighted by molar-refractivity contribution is 6.09. The third kappa shape index (κ3) is 3.91. The first-order valence-electron chi connectivity index (χ1n) is 10.7. The Labute approximate surface area is 196 Å². The fraction of sp³-hybridized carbons (Fsp3) is 0.333. The summed E-state index contributed by atoms with van der Waals surface area (Å²) < 4.78 is 10.7. The molecular weight excluding hydrogens is 440 g/mol. The van der Waals surface area contributed by atoms with Crippen LogP contribution in [0.5, 0.6) is 11.5 Å². The molecule has 4 rings (SSSR count). The van der Waals surface area contributed by atoms with E-state index < -0.39 is 29.9 Å². The van der Waals surface area contributed by atoms with E-state index in [-0.39, 0.29) is 11.5 Å². The lowest BCUT2D eigenvalue weighted by atomic mass is 9.90. The molecule has 1 saturated heterocycles. The van der Waals surface area contributed by atoms with Crippen molar-refractivity contribution in [2.24, 2.45) is 5.73 Å². The molecule has 2 heterocycles. The Morgan fingerprint density at radius 3 is 2.41 bits per heavy atom. The number of amides is 5. The van der Waals surface area contributed by atoms with E-state index in [1.165, 1.54) is 19.1 Å². The van der Waals surface area contributed by atoms with Gasteiger partial charge in [-0.15, -0.1) is 0 Å². The number of benzene rings is 2. The minimum absolute atomic E-state index is 0.217. The molecule has 2 aliphatic rings. The number of hydrogen-bond acceptors (Lipinski definition) is 6. The maximum atomic E-state index is 13.2. The molecule has 5 amide bonds. The Balaban J connectivity index is 1.51. The number of fused-ring (bicyclic) bond motifs is 1. The second-order valence-corrected chi connectivity index (χ2v) is 8.43. The van der Waals surface area contributed by atoms with Crippen molar-refractivity contribution in [1.82, 2.24) is 15.1 Å². The van der Waals surface area contributed by atoms with E-state index >= 15 is 0 Å². The minimum atomic E-state index is -1.42. The van der Waals surface area contributed by atoms with Gasteiger partial charge < -0.3 is 25.4 Å². The number of imide groups is 1. The van der Waals surface area contributed by atoms with Gasteiger partial charge in [-0.1, -0.05) is 12.1 Å². The normalized spacial score (nSPS) is 19.5. The Morgan fingerprint density at radius 2 is 1.76 bits per heavy atom. The molecule has 0 radical (unpaired) electrons. The molecule has 0 aliphatic carbocycles. The summed E-state index contributed by atoms with van der Waals surface area (Å²) in [6, 6.07) is 9.27. The van der Waals surface area contributed by atoms with E-state index in [2.05, 4.69) is 5.32 Å². The molecule has 0 bridgehead atoms. The summed E-state index contributed by atoms with van der Waals surface area (Å²) in [6.07, 6.45) is 0.610. The molecule has 2 aromatic rings. The summed E-state index contributed by atoms with van der Waals surface area (Å²) in [5, 5.41) is 2.65. The maximum Gasteiger partial charge on any atom is 0.325 e. The number of primary amides is 1. The molecule has 2 aromatic carbocycles. The fourth-order valence-electron chi connectivity index (χ4n) is 4.35. The van der Waals surface area contributed by atoms with Gasteiger partial charge in [0.25, 0.3) is 5.91 Å². The summed E-state index contributed by atoms with van der Waals surface area (Å²) in [7, 11) is 3.11. The van der Waals surface area contributed by atoms with Gasteiger partial charge in [0.15, 0.2) is 11.5 Å². The van der Waals surface area contributed by atoms with Crippen LogP contribution in [-0.4, -0.2) is 60.9 Å². The lowest BCUT2D eigenvalue weighted by Gasteiger charge is -2.30. The predicted molar refractivity (Wildman–Crippen MR) is 121 cm³/mol. The van der Waals surface area contributed by atoms with Crippen LogP contribution in [0.4, 0.5) is 4.79 Å². The number of carbonyl (C=O) groups is 4. The minimum Gasteiger partial charge on any atom is -0.493 e. The monoisotopic (exact) mass is 466 g/mol. The van der Waals surface area contributed by atoms with E-state index in [0.29, 0.717) is 36.6 Å². The topological polar surface area (TPSA) is 131 Å². The molecule has 34 heavy (non-hydrogen) atoms. The number of nitrogens with two attached hydrogens (primary N) is 1. The number of nitrogens with zero attached hydrogens (tertiary/aromatic N) is 2. The smallest absolute Gasteiger partial charge is 0.325 e. The number of methoxy groups -OCH3 is 2. The van der Waals surface area contributed by atoms with Gasteiger partial charge in [0.1, 0.15) is 12.1 Å². The average molecular weight is 466 g/mol. The zero-order valence-corrected chi connectivity index (χ0v) is 19.2. The molecule has 1 atom stereocenters. The van der Waals surface area contributed by atoms with Gasteiger partial charge in [-0.05, 0) is 54.3 Å². The van der Waals surface area contributed by atoms with Crippen molar-refractivity contribution in [2.75, 3.05) is 27.3 Å². The lowest BCUT2D eigenvalue weighted by Crippen LogP contribution is -2.45. The van der Waals surface area contributed by atoms with Crippen LogP contribution in [0.15, 0.2) is 36.4 Å². The van der Waals surface area contributed by atoms with Crippen LogP contribution in [0.2, 0.25) is 0 Å². The second-order valence-electron chi connectivity index (χ2n) is 8.43. The Bertz CT molecular complexity index is 1200. The molecular formula is C24H26N4O6. The Morgan fingerprint density at radius 1 is 1.09 bits per heavy atom. The highest BCUT2D eigenvalue weighted by atomic mass is 16.5. The van der Waals surface area contributed by atoms with Gasteiger partial charge in [-0.3, -0.25) is 19.3 Å². The summed E-state index contributed by atoms with van der Waals surface area (Å²) in [5.74, 6) is -0.372. The highest BCUT2D eigenvalue weighted by Gasteiger charge is 2.50. The van der Waals surface area contributed by atoms with Gasteiger partial charge in [0.2, 0.25) is 11.8 Å². The van der Waals surface area contributed by atoms with Crippen molar-refractivity contribution in [2.45, 2.75) is 25.4 Å². The molecule has 0 aromatic heterocycles. The Hall–Kier alpha value is -4.08. The molecule has 2 aliphatic heterocycles. The maximum absolute atomic E-state index is 13.2. The van der Waals surface area contributed by atoms with Gasteiger partial charge in [0.05, 0.1) is 14.2 Å². The number of carbonyl (C=O) groups excluding carboxylic acids is 4. The van der Waals surface area contributed by atoms with Crippen molar-refractivity contribution in [3.05, 3.63) is 58.7 Å². The predicted octanol–water partition coefficient (Wildman–Crippen LogP) is 1.15. The molecule has 3 N–H and O–H groups in total. The van der Waals surface area contributed by atoms with Gasteiger partial charge in [-0.2, -0.15) is 0 Å². The first kappa shape index (κ1) is 23.1. The lowest BCUT2D eigenvalue weighted by molar-refractivity contribution is -0.139. The molecule has 10 nitrogen and oxygen atoms in total. The first-order chi connectivity index (χ1) is 16.2. The fourth-order valence-corrected chi connectivity index (χ4v) is 4.35. The highest BCUT2D eigenvalue weighted by Crippen LogP contribution is 2.34. The van der Waals surface area contributed by atoms with Crippen LogP contribution in [0.1, 0.15) is 34.0 Å². The quantitative estimate of drug-likeness (QED) is 0.614. The SMILES string of the molecule is COc1cc2c(cc1OC)CN(C(=O)CN1C(=O)NC(C)(c3cccc(C(N)=O)c3)C1=O)CC2. The molecule has 10 heteroatoms. The number of hydrogen-bond donors (Lipinski definition) is 2. The summed E-state index contributed by atoms with van der Waals surface area (Å²) in [5.41, 5.74) is 6.53. The third-order valence-electron chi connectivity index (χ3n) is 6.36. The molecule has 1 unspecified atom stereocenters. The summed E-state index contributed by atoms with van der Waals surface area (Å²) in [4.78, 5) is 53.0. The van der Waals surface area contributed by atoms with E-state index in [0.717, 1.165) is 16.0 Å². The van der Waals surface area contributed by atoms with E-state index in [1.54, 1.807) is 31.3 Å². The van der Waals surface area contributed by atoms with Gasteiger partial charge >= 0.3 is 6.03 Å². The first-order valence-corrected chi connectivity index (χ1v) is 10.7. The summed E-state index contributed by atoms with van der Waals surface area (Å²) >= 11 is 0. The largest absolute Gasteiger partial charge is 0.493 e. The van der Waals surface area contributed by atoms with Gasteiger partial charge in [-0.25, -0.2) is 4.79 Å². The van der Waals surface area contributed by atoms with Crippen molar-refractivity contribution in [3.8, 4) is 11.5 Å². The zero-order chi connectivity index (χ0) is 24.6. The molecule has 0 saturated carbocycles. The number of ether oxygens (including phenoxy) is 2. The van der Waals surface area contributed by atoms with Crippen molar-refractivity contribution in [3.63, 3.8) is 0 Å². The van der Waals surface area contributed by atoms with Crippen LogP contribution >= 0.6 is 0 Å². The van der Waals surface area contributed by atoms with Crippen molar-refractivity contribution < 1.29 is 28.7 Å². The average Bonchev–Trinajstić information content (AvgIpc) is 3.06. The third-order valence-corrected chi connectivity index (χ3v) is 6.36. The van der Waals surface area contributed by atoms with E-state index in [9.17, 15) is 19.2 Å². The van der Waals surface area contributed by atoms with Gasteiger partial charge in [0, 0.05) is 18.7 Å². The van der Waals surface area contributed by atoms with Crippen molar-refractivity contribution >= 4 is 23.8 Å². The second kappa shape index (κ2) is 8.69. The van der Waals surface area contributed by atoms with Crippen LogP contribution in [-0.2, 0) is 28.1 Å². The Kier molecular flexibility index (Phi) is 5.90. The van der Waals surface area contributed by atoms with Crippen molar-refractivity contribution in [1.29, 1.82) is 0 Å². The van der Waals surface area contributed by atoms with Crippen LogP contribution < -0.4 is 20.5 Å². The van der Waals surface area contributed by atoms with E-state index in [4.69, 9.17) is 15.2 Å². The standard InChI is InChI=1S/C24H26N4O6/c1-24(17-6-4-5-15(9-17)21(25)30)22(31)28(23(32)26-24)13-20(29)27-8-7-14-10-18(33-2)19(34-3)11-16(14)12-27/h4-6,9-11H,7-8,12-13H2,1-3H3,(H2,25,30)(H,26,32).